The number of hydrogen-bond acceptors (Lipinski definition) is 3. The largest absolute Gasteiger partial charge is 0.309 e. The molecule has 0 saturated heterocycles. The Morgan fingerprint density at radius 2 is 1.35 bits per heavy atom. The van der Waals surface area contributed by atoms with E-state index in [2.05, 4.69) is 63.8 Å². The van der Waals surface area contributed by atoms with E-state index in [9.17, 15) is 8.42 Å². The third-order valence-electron chi connectivity index (χ3n) is 5.90. The minimum atomic E-state index is -3.30. The van der Waals surface area contributed by atoms with Gasteiger partial charge in [-0.3, -0.25) is 0 Å². The van der Waals surface area contributed by atoms with Gasteiger partial charge in [0.2, 0.25) is 0 Å². The summed E-state index contributed by atoms with van der Waals surface area (Å²) in [6.07, 6.45) is 0.615. The molecule has 4 aromatic rings. The number of aryl methyl sites for hydroxylation is 1. The Kier molecular flexibility index (Phi) is 7.41. The summed E-state index contributed by atoms with van der Waals surface area (Å²) in [5.41, 5.74) is 6.44. The van der Waals surface area contributed by atoms with Crippen molar-refractivity contribution < 1.29 is 8.42 Å². The Morgan fingerprint density at radius 1 is 0.794 bits per heavy atom. The standard InChI is InChI=1S/C28H29BrN2O2S/c1-21-7-4-5-8-26(21)31-27(22-9-13-24(29)14-10-22)17-18-28(31)23-11-15-25(16-12-23)34(32,33)20-6-19-30(2)3/h4-5,7-18H,6,19-20H2,1-3H3. The highest BCUT2D eigenvalue weighted by Gasteiger charge is 2.17. The second kappa shape index (κ2) is 10.3. The van der Waals surface area contributed by atoms with E-state index in [-0.39, 0.29) is 5.75 Å². The third kappa shape index (κ3) is 5.35. The van der Waals surface area contributed by atoms with Crippen LogP contribution < -0.4 is 0 Å². The quantitative estimate of drug-likeness (QED) is 0.254. The molecule has 4 rings (SSSR count). The molecule has 0 saturated carbocycles. The molecule has 1 aromatic heterocycles. The van der Waals surface area contributed by atoms with Gasteiger partial charge in [-0.15, -0.1) is 0 Å². The Balaban J connectivity index is 1.75. The van der Waals surface area contributed by atoms with Crippen LogP contribution >= 0.6 is 15.9 Å². The van der Waals surface area contributed by atoms with Crippen molar-refractivity contribution in [3.05, 3.63) is 95.0 Å². The first kappa shape index (κ1) is 24.5. The molecule has 0 radical (unpaired) electrons. The number of halogens is 1. The fraction of sp³-hybridized carbons (Fsp3) is 0.214. The summed E-state index contributed by atoms with van der Waals surface area (Å²) in [6.45, 7) is 2.86. The Morgan fingerprint density at radius 3 is 1.91 bits per heavy atom. The van der Waals surface area contributed by atoms with E-state index in [1.807, 2.05) is 55.4 Å². The predicted octanol–water partition coefficient (Wildman–Crippen LogP) is 6.61. The van der Waals surface area contributed by atoms with Crippen LogP contribution in [0.5, 0.6) is 0 Å². The van der Waals surface area contributed by atoms with E-state index in [1.165, 1.54) is 5.56 Å². The first-order valence-electron chi connectivity index (χ1n) is 11.3. The summed E-state index contributed by atoms with van der Waals surface area (Å²) in [5, 5.41) is 0. The topological polar surface area (TPSA) is 42.3 Å². The van der Waals surface area contributed by atoms with Gasteiger partial charge in [-0.2, -0.15) is 0 Å². The summed E-state index contributed by atoms with van der Waals surface area (Å²) in [4.78, 5) is 2.37. The zero-order valence-corrected chi connectivity index (χ0v) is 22.1. The highest BCUT2D eigenvalue weighted by molar-refractivity contribution is 9.10. The van der Waals surface area contributed by atoms with E-state index in [0.717, 1.165) is 39.2 Å². The zero-order valence-electron chi connectivity index (χ0n) is 19.7. The summed E-state index contributed by atoms with van der Waals surface area (Å²) in [5.74, 6) is 0.151. The van der Waals surface area contributed by atoms with Crippen LogP contribution in [0.2, 0.25) is 0 Å². The molecule has 0 aliphatic heterocycles. The number of hydrogen-bond donors (Lipinski definition) is 0. The van der Waals surface area contributed by atoms with Crippen LogP contribution in [-0.2, 0) is 9.84 Å². The van der Waals surface area contributed by atoms with Crippen molar-refractivity contribution >= 4 is 25.8 Å². The summed E-state index contributed by atoms with van der Waals surface area (Å²) < 4.78 is 28.9. The zero-order chi connectivity index (χ0) is 24.3. The second-order valence-corrected chi connectivity index (χ2v) is 11.8. The molecular weight excluding hydrogens is 508 g/mol. The van der Waals surface area contributed by atoms with Gasteiger partial charge in [-0.25, -0.2) is 8.42 Å². The van der Waals surface area contributed by atoms with E-state index < -0.39 is 9.84 Å². The molecule has 4 nitrogen and oxygen atoms in total. The minimum absolute atomic E-state index is 0.151. The van der Waals surface area contributed by atoms with Crippen molar-refractivity contribution in [1.82, 2.24) is 9.47 Å². The van der Waals surface area contributed by atoms with Gasteiger partial charge in [0.25, 0.3) is 0 Å². The van der Waals surface area contributed by atoms with Crippen molar-refractivity contribution in [3.8, 4) is 28.2 Å². The van der Waals surface area contributed by atoms with Crippen molar-refractivity contribution in [2.24, 2.45) is 0 Å². The molecule has 0 spiro atoms. The number of benzene rings is 3. The maximum absolute atomic E-state index is 12.8. The van der Waals surface area contributed by atoms with Gasteiger partial charge < -0.3 is 9.47 Å². The van der Waals surface area contributed by atoms with E-state index in [1.54, 1.807) is 12.1 Å². The molecule has 0 fully saturated rings. The van der Waals surface area contributed by atoms with Crippen LogP contribution in [0.25, 0.3) is 28.2 Å². The molecule has 34 heavy (non-hydrogen) atoms. The molecule has 6 heteroatoms. The monoisotopic (exact) mass is 536 g/mol. The van der Waals surface area contributed by atoms with Crippen LogP contribution in [0.3, 0.4) is 0 Å². The van der Waals surface area contributed by atoms with E-state index in [0.29, 0.717) is 11.3 Å². The summed E-state index contributed by atoms with van der Waals surface area (Å²) in [7, 11) is 0.600. The van der Waals surface area contributed by atoms with E-state index >= 15 is 0 Å². The van der Waals surface area contributed by atoms with Crippen molar-refractivity contribution in [2.45, 2.75) is 18.2 Å². The first-order chi connectivity index (χ1) is 16.3. The number of nitrogens with zero attached hydrogens (tertiary/aromatic N) is 2. The number of aromatic nitrogens is 1. The molecule has 0 N–H and O–H groups in total. The van der Waals surface area contributed by atoms with Crippen molar-refractivity contribution in [2.75, 3.05) is 26.4 Å². The molecule has 0 amide bonds. The van der Waals surface area contributed by atoms with Gasteiger partial charge in [-0.1, -0.05) is 58.4 Å². The Hall–Kier alpha value is -2.67. The Bertz CT molecular complexity index is 1370. The molecule has 0 bridgehead atoms. The molecule has 0 atom stereocenters. The molecular formula is C28H29BrN2O2S. The van der Waals surface area contributed by atoms with E-state index in [4.69, 9.17) is 0 Å². The SMILES string of the molecule is Cc1ccccc1-n1c(-c2ccc(Br)cc2)ccc1-c1ccc(S(=O)(=O)CCCN(C)C)cc1. The van der Waals surface area contributed by atoms with Crippen LogP contribution in [0.1, 0.15) is 12.0 Å². The molecule has 1 heterocycles. The normalized spacial score (nSPS) is 11.8. The lowest BCUT2D eigenvalue weighted by Crippen LogP contribution is -2.17. The van der Waals surface area contributed by atoms with Gasteiger partial charge in [0.05, 0.1) is 22.0 Å². The molecule has 3 aromatic carbocycles. The second-order valence-electron chi connectivity index (χ2n) is 8.73. The lowest BCUT2D eigenvalue weighted by molar-refractivity contribution is 0.408. The Labute approximate surface area is 210 Å². The minimum Gasteiger partial charge on any atom is -0.309 e. The summed E-state index contributed by atoms with van der Waals surface area (Å²) in [6, 6.07) is 28.1. The summed E-state index contributed by atoms with van der Waals surface area (Å²) >= 11 is 3.52. The van der Waals surface area contributed by atoms with Crippen molar-refractivity contribution in [3.63, 3.8) is 0 Å². The number of sulfone groups is 1. The van der Waals surface area contributed by atoms with Crippen LogP contribution in [0.4, 0.5) is 0 Å². The maximum Gasteiger partial charge on any atom is 0.178 e. The van der Waals surface area contributed by atoms with Crippen molar-refractivity contribution in [1.29, 1.82) is 0 Å². The van der Waals surface area contributed by atoms with Crippen LogP contribution in [-0.4, -0.2) is 44.3 Å². The fourth-order valence-corrected chi connectivity index (χ4v) is 5.66. The van der Waals surface area contributed by atoms with Gasteiger partial charge in [0, 0.05) is 10.2 Å². The van der Waals surface area contributed by atoms with Gasteiger partial charge in [0.1, 0.15) is 0 Å². The van der Waals surface area contributed by atoms with Gasteiger partial charge >= 0.3 is 0 Å². The lowest BCUT2D eigenvalue weighted by Gasteiger charge is -2.17. The molecule has 0 aliphatic rings. The number of rotatable bonds is 8. The van der Waals surface area contributed by atoms with Gasteiger partial charge in [-0.05, 0) is 93.1 Å². The highest BCUT2D eigenvalue weighted by Crippen LogP contribution is 2.34. The lowest BCUT2D eigenvalue weighted by atomic mass is 10.1. The fourth-order valence-electron chi connectivity index (χ4n) is 4.10. The smallest absolute Gasteiger partial charge is 0.178 e. The molecule has 176 valence electrons. The highest BCUT2D eigenvalue weighted by atomic mass is 79.9. The first-order valence-corrected chi connectivity index (χ1v) is 13.7. The third-order valence-corrected chi connectivity index (χ3v) is 8.25. The molecule has 0 unspecified atom stereocenters. The predicted molar refractivity (Wildman–Crippen MR) is 144 cm³/mol. The van der Waals surface area contributed by atoms with Crippen LogP contribution in [0, 0.1) is 6.92 Å². The number of para-hydroxylation sites is 1. The van der Waals surface area contributed by atoms with Crippen LogP contribution in [0.15, 0.2) is 94.3 Å². The van der Waals surface area contributed by atoms with Gasteiger partial charge in [0.15, 0.2) is 9.84 Å². The maximum atomic E-state index is 12.8. The average Bonchev–Trinajstić information content (AvgIpc) is 3.24. The molecule has 0 aliphatic carbocycles. The average molecular weight is 538 g/mol.